The van der Waals surface area contributed by atoms with Crippen LogP contribution in [0.2, 0.25) is 0 Å². The van der Waals surface area contributed by atoms with E-state index in [1.165, 1.54) is 15.6 Å². The van der Waals surface area contributed by atoms with E-state index < -0.39 is 10.0 Å². The van der Waals surface area contributed by atoms with Gasteiger partial charge in [-0.05, 0) is 55.7 Å². The van der Waals surface area contributed by atoms with E-state index in [-0.39, 0.29) is 17.8 Å². The lowest BCUT2D eigenvalue weighted by Gasteiger charge is -2.23. The number of para-hydroxylation sites is 1. The van der Waals surface area contributed by atoms with Gasteiger partial charge in [-0.1, -0.05) is 23.5 Å². The number of thiazole rings is 1. The second-order valence-corrected chi connectivity index (χ2v) is 10.8. The summed E-state index contributed by atoms with van der Waals surface area (Å²) in [5.74, 6) is 0.00544. The number of sulfonamides is 1. The van der Waals surface area contributed by atoms with Crippen LogP contribution in [-0.4, -0.2) is 50.9 Å². The molecule has 1 unspecified atom stereocenters. The number of hydrogen-bond acceptors (Lipinski definition) is 6. The van der Waals surface area contributed by atoms with Crippen molar-refractivity contribution in [1.82, 2.24) is 4.98 Å². The zero-order valence-corrected chi connectivity index (χ0v) is 18.6. The Morgan fingerprint density at radius 1 is 1.16 bits per heavy atom. The first-order valence-corrected chi connectivity index (χ1v) is 12.8. The highest BCUT2D eigenvalue weighted by molar-refractivity contribution is 7.93. The Labute approximate surface area is 185 Å². The third kappa shape index (κ3) is 4.05. The fourth-order valence-corrected chi connectivity index (χ4v) is 6.61. The number of anilines is 2. The van der Waals surface area contributed by atoms with E-state index in [9.17, 15) is 13.2 Å². The molecule has 1 amide bonds. The van der Waals surface area contributed by atoms with E-state index >= 15 is 0 Å². The second-order valence-electron chi connectivity index (χ2n) is 7.80. The van der Waals surface area contributed by atoms with Crippen LogP contribution in [0, 0.1) is 0 Å². The van der Waals surface area contributed by atoms with E-state index in [4.69, 9.17) is 4.74 Å². The summed E-state index contributed by atoms with van der Waals surface area (Å²) in [6, 6.07) is 14.6. The third-order valence-corrected chi connectivity index (χ3v) is 8.60. The number of fused-ring (bicyclic) bond motifs is 1. The number of amides is 1. The van der Waals surface area contributed by atoms with Gasteiger partial charge in [0.15, 0.2) is 5.13 Å². The second kappa shape index (κ2) is 8.22. The van der Waals surface area contributed by atoms with Gasteiger partial charge < -0.3 is 4.74 Å². The Bertz CT molecular complexity index is 1170. The summed E-state index contributed by atoms with van der Waals surface area (Å²) in [6.45, 7) is 1.64. The van der Waals surface area contributed by atoms with Crippen LogP contribution in [0.25, 0.3) is 10.2 Å². The van der Waals surface area contributed by atoms with Crippen molar-refractivity contribution in [3.63, 3.8) is 0 Å². The average molecular weight is 458 g/mol. The molecule has 2 aliphatic heterocycles. The molecule has 1 aromatic heterocycles. The molecule has 2 fully saturated rings. The quantitative estimate of drug-likeness (QED) is 0.584. The summed E-state index contributed by atoms with van der Waals surface area (Å²) in [5, 5.41) is 0.646. The standard InChI is InChI=1S/C22H23N3O4S2/c26-21(16-8-10-17(11-9-16)25-12-4-14-31(25,27)28)24(15-18-5-3-13-29-18)22-23-19-6-1-2-7-20(19)30-22/h1-2,6-11,18H,3-5,12-15H2. The minimum atomic E-state index is -3.25. The number of rotatable bonds is 5. The molecular formula is C22H23N3O4S2. The van der Waals surface area contributed by atoms with Gasteiger partial charge in [0.05, 0.1) is 34.3 Å². The van der Waals surface area contributed by atoms with Gasteiger partial charge in [-0.2, -0.15) is 0 Å². The maximum atomic E-state index is 13.5. The zero-order valence-electron chi connectivity index (χ0n) is 16.9. The molecule has 0 spiro atoms. The molecule has 2 aromatic carbocycles. The molecule has 0 radical (unpaired) electrons. The maximum Gasteiger partial charge on any atom is 0.260 e. The number of hydrogen-bond donors (Lipinski definition) is 0. The van der Waals surface area contributed by atoms with Crippen molar-refractivity contribution in [2.24, 2.45) is 0 Å². The Morgan fingerprint density at radius 3 is 2.65 bits per heavy atom. The Kier molecular flexibility index (Phi) is 5.41. The maximum absolute atomic E-state index is 13.5. The Balaban J connectivity index is 1.44. The smallest absolute Gasteiger partial charge is 0.260 e. The predicted octanol–water partition coefficient (Wildman–Crippen LogP) is 3.66. The highest BCUT2D eigenvalue weighted by Crippen LogP contribution is 2.31. The molecule has 9 heteroatoms. The van der Waals surface area contributed by atoms with Gasteiger partial charge in [0.25, 0.3) is 5.91 Å². The largest absolute Gasteiger partial charge is 0.376 e. The molecule has 0 bridgehead atoms. The van der Waals surface area contributed by atoms with E-state index in [0.717, 1.165) is 23.1 Å². The third-order valence-electron chi connectivity index (χ3n) is 5.67. The number of benzene rings is 2. The van der Waals surface area contributed by atoms with Crippen molar-refractivity contribution in [1.29, 1.82) is 0 Å². The molecule has 162 valence electrons. The molecule has 0 aliphatic carbocycles. The summed E-state index contributed by atoms with van der Waals surface area (Å²) in [4.78, 5) is 19.9. The molecule has 5 rings (SSSR count). The first-order valence-electron chi connectivity index (χ1n) is 10.4. The van der Waals surface area contributed by atoms with Gasteiger partial charge >= 0.3 is 0 Å². The topological polar surface area (TPSA) is 79.8 Å². The summed E-state index contributed by atoms with van der Waals surface area (Å²) in [5.41, 5.74) is 1.96. The highest BCUT2D eigenvalue weighted by atomic mass is 32.2. The number of aromatic nitrogens is 1. The highest BCUT2D eigenvalue weighted by Gasteiger charge is 2.30. The molecule has 7 nitrogen and oxygen atoms in total. The Hall–Kier alpha value is -2.49. The Morgan fingerprint density at radius 2 is 1.97 bits per heavy atom. The summed E-state index contributed by atoms with van der Waals surface area (Å²) >= 11 is 1.49. The molecule has 1 atom stereocenters. The number of nitrogens with zero attached hydrogens (tertiary/aromatic N) is 3. The van der Waals surface area contributed by atoms with Crippen molar-refractivity contribution in [2.45, 2.75) is 25.4 Å². The van der Waals surface area contributed by atoms with Crippen LogP contribution in [0.15, 0.2) is 48.5 Å². The normalized spacial score (nSPS) is 20.4. The van der Waals surface area contributed by atoms with Gasteiger partial charge in [0, 0.05) is 18.7 Å². The van der Waals surface area contributed by atoms with Crippen LogP contribution in [0.1, 0.15) is 29.6 Å². The van der Waals surface area contributed by atoms with Crippen LogP contribution in [0.3, 0.4) is 0 Å². The first-order chi connectivity index (χ1) is 15.0. The fourth-order valence-electron chi connectivity index (χ4n) is 4.07. The molecular weight excluding hydrogens is 434 g/mol. The van der Waals surface area contributed by atoms with E-state index in [0.29, 0.717) is 42.5 Å². The molecule has 31 heavy (non-hydrogen) atoms. The van der Waals surface area contributed by atoms with Gasteiger partial charge in [-0.3, -0.25) is 14.0 Å². The van der Waals surface area contributed by atoms with Crippen LogP contribution in [-0.2, 0) is 14.8 Å². The monoisotopic (exact) mass is 457 g/mol. The SMILES string of the molecule is O=C(c1ccc(N2CCCS2(=O)=O)cc1)N(CC1CCCO1)c1nc2ccccc2s1. The first kappa shape index (κ1) is 20.4. The lowest BCUT2D eigenvalue weighted by atomic mass is 10.1. The van der Waals surface area contributed by atoms with E-state index in [1.54, 1.807) is 29.2 Å². The minimum absolute atomic E-state index is 0.00928. The van der Waals surface area contributed by atoms with Gasteiger partial charge in [0.1, 0.15) is 0 Å². The lowest BCUT2D eigenvalue weighted by Crippen LogP contribution is -2.37. The van der Waals surface area contributed by atoms with Crippen molar-refractivity contribution in [3.05, 3.63) is 54.1 Å². The summed E-state index contributed by atoms with van der Waals surface area (Å²) in [7, 11) is -3.25. The number of carbonyl (C=O) groups excluding carboxylic acids is 1. The summed E-state index contributed by atoms with van der Waals surface area (Å²) in [6.07, 6.45) is 2.52. The van der Waals surface area contributed by atoms with Crippen LogP contribution in [0.5, 0.6) is 0 Å². The van der Waals surface area contributed by atoms with Crippen molar-refractivity contribution in [2.75, 3.05) is 34.7 Å². The van der Waals surface area contributed by atoms with E-state index in [1.807, 2.05) is 24.3 Å². The van der Waals surface area contributed by atoms with Crippen LogP contribution in [0.4, 0.5) is 10.8 Å². The molecule has 2 saturated heterocycles. The lowest BCUT2D eigenvalue weighted by molar-refractivity contribution is 0.0917. The predicted molar refractivity (Wildman–Crippen MR) is 122 cm³/mol. The van der Waals surface area contributed by atoms with Crippen molar-refractivity contribution < 1.29 is 17.9 Å². The summed E-state index contributed by atoms with van der Waals surface area (Å²) < 4.78 is 32.6. The van der Waals surface area contributed by atoms with Crippen molar-refractivity contribution in [3.8, 4) is 0 Å². The molecule has 3 heterocycles. The number of ether oxygens (including phenoxy) is 1. The minimum Gasteiger partial charge on any atom is -0.376 e. The van der Waals surface area contributed by atoms with Crippen molar-refractivity contribution >= 4 is 48.3 Å². The van der Waals surface area contributed by atoms with Gasteiger partial charge in [-0.25, -0.2) is 13.4 Å². The molecule has 0 saturated carbocycles. The average Bonchev–Trinajstić information content (AvgIpc) is 3.51. The van der Waals surface area contributed by atoms with Gasteiger partial charge in [-0.15, -0.1) is 0 Å². The van der Waals surface area contributed by atoms with Crippen LogP contribution < -0.4 is 9.21 Å². The van der Waals surface area contributed by atoms with Crippen LogP contribution >= 0.6 is 11.3 Å². The molecule has 2 aliphatic rings. The molecule has 0 N–H and O–H groups in total. The zero-order chi connectivity index (χ0) is 21.4. The number of carbonyl (C=O) groups is 1. The van der Waals surface area contributed by atoms with E-state index in [2.05, 4.69) is 4.98 Å². The molecule has 3 aromatic rings. The fraction of sp³-hybridized carbons (Fsp3) is 0.364. The van der Waals surface area contributed by atoms with Gasteiger partial charge in [0.2, 0.25) is 10.0 Å².